The van der Waals surface area contributed by atoms with Crippen molar-refractivity contribution in [1.29, 1.82) is 0 Å². The van der Waals surface area contributed by atoms with Crippen molar-refractivity contribution < 1.29 is 4.39 Å². The molecule has 0 saturated carbocycles. The van der Waals surface area contributed by atoms with Gasteiger partial charge in [-0.1, -0.05) is 85.6 Å². The molecule has 2 aliphatic carbocycles. The van der Waals surface area contributed by atoms with E-state index in [9.17, 15) is 4.39 Å². The molecular weight excluding hydrogens is 367 g/mol. The van der Waals surface area contributed by atoms with Gasteiger partial charge in [-0.2, -0.15) is 0 Å². The smallest absolute Gasteiger partial charge is 0.123 e. The molecular formula is C29H37F. The van der Waals surface area contributed by atoms with Gasteiger partial charge in [-0.05, 0) is 87.0 Å². The highest BCUT2D eigenvalue weighted by Crippen LogP contribution is 2.33. The fraction of sp³-hybridized carbons (Fsp3) is 0.448. The van der Waals surface area contributed by atoms with E-state index in [1.54, 1.807) is 17.7 Å². The summed E-state index contributed by atoms with van der Waals surface area (Å²) in [5.74, 6) is 1.26. The minimum Gasteiger partial charge on any atom is -0.207 e. The summed E-state index contributed by atoms with van der Waals surface area (Å²) in [6.45, 7) is 9.15. The number of allylic oxidation sites excluding steroid dienone is 10. The fourth-order valence-corrected chi connectivity index (χ4v) is 4.67. The van der Waals surface area contributed by atoms with Gasteiger partial charge >= 0.3 is 0 Å². The first-order valence-electron chi connectivity index (χ1n) is 11.6. The van der Waals surface area contributed by atoms with E-state index >= 15 is 0 Å². The van der Waals surface area contributed by atoms with Crippen LogP contribution in [0.4, 0.5) is 4.39 Å². The van der Waals surface area contributed by atoms with Crippen LogP contribution in [-0.2, 0) is 0 Å². The van der Waals surface area contributed by atoms with Crippen molar-refractivity contribution in [1.82, 2.24) is 0 Å². The van der Waals surface area contributed by atoms with Gasteiger partial charge in [0.15, 0.2) is 0 Å². The summed E-state index contributed by atoms with van der Waals surface area (Å²) in [7, 11) is 0. The van der Waals surface area contributed by atoms with Crippen LogP contribution in [-0.4, -0.2) is 0 Å². The molecule has 0 amide bonds. The molecule has 2 unspecified atom stereocenters. The molecule has 2 atom stereocenters. The second-order valence-corrected chi connectivity index (χ2v) is 9.26. The van der Waals surface area contributed by atoms with Crippen LogP contribution >= 0.6 is 0 Å². The first-order valence-corrected chi connectivity index (χ1v) is 11.6. The summed E-state index contributed by atoms with van der Waals surface area (Å²) in [6.07, 6.45) is 19.5. The highest BCUT2D eigenvalue weighted by molar-refractivity contribution is 5.68. The first kappa shape index (κ1) is 22.5. The lowest BCUT2D eigenvalue weighted by molar-refractivity contribution is 0.454. The summed E-state index contributed by atoms with van der Waals surface area (Å²) < 4.78 is 13.5. The molecule has 0 radical (unpaired) electrons. The highest BCUT2D eigenvalue weighted by Gasteiger charge is 2.16. The van der Waals surface area contributed by atoms with Gasteiger partial charge in [0.2, 0.25) is 0 Å². The van der Waals surface area contributed by atoms with Gasteiger partial charge in [0, 0.05) is 0 Å². The van der Waals surface area contributed by atoms with E-state index in [1.807, 2.05) is 12.1 Å². The third kappa shape index (κ3) is 6.42. The van der Waals surface area contributed by atoms with Gasteiger partial charge in [0.05, 0.1) is 0 Å². The maximum atomic E-state index is 13.5. The second kappa shape index (κ2) is 10.8. The minimum absolute atomic E-state index is 0.168. The Morgan fingerprint density at radius 2 is 1.90 bits per heavy atom. The van der Waals surface area contributed by atoms with E-state index in [0.29, 0.717) is 5.92 Å². The summed E-state index contributed by atoms with van der Waals surface area (Å²) in [5, 5.41) is 0. The molecule has 0 nitrogen and oxygen atoms in total. The Balaban J connectivity index is 1.85. The Hall–Kier alpha value is -2.15. The van der Waals surface area contributed by atoms with Crippen LogP contribution in [0.2, 0.25) is 0 Å². The van der Waals surface area contributed by atoms with E-state index in [-0.39, 0.29) is 5.82 Å². The maximum Gasteiger partial charge on any atom is 0.123 e. The molecule has 1 aromatic carbocycles. The van der Waals surface area contributed by atoms with E-state index in [0.717, 1.165) is 37.2 Å². The Bertz CT molecular complexity index is 873. The summed E-state index contributed by atoms with van der Waals surface area (Å²) in [5.41, 5.74) is 8.29. The van der Waals surface area contributed by atoms with Crippen molar-refractivity contribution in [2.45, 2.75) is 72.6 Å². The SMILES string of the molecule is CCC1=CCC(C/C=C(\CC2=CC(C)CC(C)CC2)c2ccc(F)cc2)=C(C)C=C1. The molecule has 1 aromatic rings. The molecule has 30 heavy (non-hydrogen) atoms. The Morgan fingerprint density at radius 1 is 1.13 bits per heavy atom. The zero-order valence-electron chi connectivity index (χ0n) is 19.2. The quantitative estimate of drug-likeness (QED) is 0.415. The molecule has 0 saturated heterocycles. The standard InChI is InChI=1S/C29H37F/c1-5-24-9-7-23(4)26(11-10-24)12-13-28(27-14-16-29(30)17-15-27)20-25-8-6-21(2)18-22(3)19-25/h7,9-10,13-17,19,21-22H,5-6,8,11-12,18,20H2,1-4H3/b28-13+. The first-order chi connectivity index (χ1) is 14.4. The molecule has 1 heteroatoms. The minimum atomic E-state index is -0.168. The van der Waals surface area contributed by atoms with E-state index < -0.39 is 0 Å². The third-order valence-corrected chi connectivity index (χ3v) is 6.60. The van der Waals surface area contributed by atoms with Crippen molar-refractivity contribution >= 4 is 5.57 Å². The highest BCUT2D eigenvalue weighted by atomic mass is 19.1. The van der Waals surface area contributed by atoms with Crippen molar-refractivity contribution in [3.63, 3.8) is 0 Å². The van der Waals surface area contributed by atoms with Crippen molar-refractivity contribution in [2.75, 3.05) is 0 Å². The number of hydrogen-bond acceptors (Lipinski definition) is 0. The normalized spacial score (nSPS) is 23.0. The molecule has 0 spiro atoms. The monoisotopic (exact) mass is 404 g/mol. The average Bonchev–Trinajstić information content (AvgIpc) is 3.00. The van der Waals surface area contributed by atoms with Crippen molar-refractivity contribution in [3.8, 4) is 0 Å². The summed E-state index contributed by atoms with van der Waals surface area (Å²) >= 11 is 0. The zero-order valence-corrected chi connectivity index (χ0v) is 19.2. The van der Waals surface area contributed by atoms with Crippen molar-refractivity contribution in [3.05, 3.63) is 88.3 Å². The predicted molar refractivity (Wildman–Crippen MR) is 129 cm³/mol. The lowest BCUT2D eigenvalue weighted by Gasteiger charge is -2.13. The maximum absolute atomic E-state index is 13.5. The van der Waals surface area contributed by atoms with Crippen LogP contribution in [0.5, 0.6) is 0 Å². The van der Waals surface area contributed by atoms with Crippen LogP contribution in [0, 0.1) is 17.7 Å². The zero-order chi connectivity index (χ0) is 21.5. The Labute approximate surface area is 183 Å². The van der Waals surface area contributed by atoms with Gasteiger partial charge in [0.25, 0.3) is 0 Å². The lowest BCUT2D eigenvalue weighted by atomic mass is 9.92. The molecule has 0 heterocycles. The van der Waals surface area contributed by atoms with E-state index in [2.05, 4.69) is 58.1 Å². The summed E-state index contributed by atoms with van der Waals surface area (Å²) in [6, 6.07) is 7.05. The van der Waals surface area contributed by atoms with Gasteiger partial charge in [-0.3, -0.25) is 0 Å². The Kier molecular flexibility index (Phi) is 8.08. The molecule has 160 valence electrons. The Morgan fingerprint density at radius 3 is 2.63 bits per heavy atom. The van der Waals surface area contributed by atoms with Crippen LogP contribution < -0.4 is 0 Å². The van der Waals surface area contributed by atoms with Gasteiger partial charge < -0.3 is 0 Å². The number of hydrogen-bond donors (Lipinski definition) is 0. The molecule has 0 N–H and O–H groups in total. The van der Waals surface area contributed by atoms with Crippen LogP contribution in [0.25, 0.3) is 5.57 Å². The molecule has 2 aliphatic rings. The fourth-order valence-electron chi connectivity index (χ4n) is 4.67. The number of rotatable bonds is 6. The molecule has 0 fully saturated rings. The van der Waals surface area contributed by atoms with Gasteiger partial charge in [-0.15, -0.1) is 0 Å². The van der Waals surface area contributed by atoms with Gasteiger partial charge in [-0.25, -0.2) is 4.39 Å². The van der Waals surface area contributed by atoms with Gasteiger partial charge in [0.1, 0.15) is 5.82 Å². The molecule has 0 aliphatic heterocycles. The predicted octanol–water partition coefficient (Wildman–Crippen LogP) is 8.98. The van der Waals surface area contributed by atoms with Crippen LogP contribution in [0.1, 0.15) is 78.2 Å². The largest absolute Gasteiger partial charge is 0.207 e. The number of benzene rings is 1. The second-order valence-electron chi connectivity index (χ2n) is 9.26. The summed E-state index contributed by atoms with van der Waals surface area (Å²) in [4.78, 5) is 0. The topological polar surface area (TPSA) is 0 Å². The molecule has 0 aromatic heterocycles. The lowest BCUT2D eigenvalue weighted by Crippen LogP contribution is -1.97. The third-order valence-electron chi connectivity index (χ3n) is 6.60. The van der Waals surface area contributed by atoms with E-state index in [4.69, 9.17) is 0 Å². The molecule has 0 bridgehead atoms. The number of halogens is 1. The average molecular weight is 405 g/mol. The van der Waals surface area contributed by atoms with Crippen LogP contribution in [0.15, 0.2) is 76.9 Å². The molecule has 3 rings (SSSR count). The van der Waals surface area contributed by atoms with Crippen LogP contribution in [0.3, 0.4) is 0 Å². The van der Waals surface area contributed by atoms with Crippen molar-refractivity contribution in [2.24, 2.45) is 11.8 Å². The van der Waals surface area contributed by atoms with E-state index in [1.165, 1.54) is 41.6 Å².